The lowest BCUT2D eigenvalue weighted by atomic mass is 9.87. The summed E-state index contributed by atoms with van der Waals surface area (Å²) in [5.41, 5.74) is 4.20. The van der Waals surface area contributed by atoms with E-state index in [0.717, 1.165) is 29.0 Å². The van der Waals surface area contributed by atoms with Gasteiger partial charge in [-0.05, 0) is 0 Å². The number of hydrogen-bond donors (Lipinski definition) is 10. The van der Waals surface area contributed by atoms with Crippen LogP contribution in [0.5, 0.6) is 0 Å². The highest BCUT2D eigenvalue weighted by atomic mass is 32.2. The van der Waals surface area contributed by atoms with Gasteiger partial charge in [0, 0.05) is 37.1 Å². The number of fused-ring (bicyclic) bond motifs is 1. The molecule has 2 aromatic rings. The molecule has 7 atom stereocenters. The number of carboxylic acid groups (broad SMARTS) is 1. The minimum atomic E-state index is -5.59. The zero-order valence-corrected chi connectivity index (χ0v) is 32.3. The number of aliphatic hydroxyl groups excluding tert-OH is 2. The summed E-state index contributed by atoms with van der Waals surface area (Å²) in [5, 5.41) is 34.4. The highest BCUT2D eigenvalue weighted by molar-refractivity contribution is 8.13. The number of hydrogen-bond acceptors (Lipinski definition) is 19. The summed E-state index contributed by atoms with van der Waals surface area (Å²) < 4.78 is 61.9. The molecule has 0 saturated carbocycles. The third-order valence-corrected chi connectivity index (χ3v) is 11.3. The molecule has 1 saturated heterocycles. The van der Waals surface area contributed by atoms with E-state index < -0.39 is 90.5 Å². The van der Waals surface area contributed by atoms with E-state index in [1.807, 2.05) is 0 Å². The van der Waals surface area contributed by atoms with Crippen LogP contribution in [0.1, 0.15) is 39.3 Å². The number of amides is 2. The number of nitrogen functional groups attached to an aromatic ring is 1. The number of nitrogens with two attached hydrogens (primary N) is 1. The van der Waals surface area contributed by atoms with Crippen molar-refractivity contribution in [1.29, 1.82) is 0 Å². The van der Waals surface area contributed by atoms with E-state index in [1.165, 1.54) is 13.8 Å². The minimum absolute atomic E-state index is 0.0197. The van der Waals surface area contributed by atoms with Crippen LogP contribution in [0.3, 0.4) is 0 Å². The molecule has 30 heteroatoms. The van der Waals surface area contributed by atoms with E-state index >= 15 is 0 Å². The van der Waals surface area contributed by atoms with Gasteiger partial charge in [0.2, 0.25) is 11.8 Å². The molecule has 26 nitrogen and oxygen atoms in total. The van der Waals surface area contributed by atoms with E-state index in [1.54, 1.807) is 0 Å². The molecule has 0 aromatic carbocycles. The molecule has 1 aliphatic heterocycles. The van der Waals surface area contributed by atoms with Gasteiger partial charge in [-0.3, -0.25) is 37.3 Å². The van der Waals surface area contributed by atoms with Gasteiger partial charge in [-0.2, -0.15) is 4.31 Å². The predicted octanol–water partition coefficient (Wildman–Crippen LogP) is -1.47. The fourth-order valence-electron chi connectivity index (χ4n) is 4.58. The number of imidazole rings is 1. The van der Waals surface area contributed by atoms with Crippen molar-refractivity contribution in [2.75, 3.05) is 37.8 Å². The zero-order chi connectivity index (χ0) is 41.4. The first-order chi connectivity index (χ1) is 25.4. The lowest BCUT2D eigenvalue weighted by Crippen LogP contribution is -2.46. The number of nitrogens with zero attached hydrogens (tertiary/aromatic N) is 4. The lowest BCUT2D eigenvalue weighted by Gasteiger charge is -2.30. The van der Waals surface area contributed by atoms with E-state index in [-0.39, 0.29) is 60.2 Å². The van der Waals surface area contributed by atoms with Crippen LogP contribution in [-0.4, -0.2) is 134 Å². The number of carbonyl (C=O) groups is 4. The summed E-state index contributed by atoms with van der Waals surface area (Å²) in [4.78, 5) is 97.3. The molecule has 0 radical (unpaired) electrons. The smallest absolute Gasteiger partial charge is 0.481 e. The number of carbonyl (C=O) groups excluding carboxylic acids is 3. The van der Waals surface area contributed by atoms with E-state index in [9.17, 15) is 62.7 Å². The molecule has 55 heavy (non-hydrogen) atoms. The molecular formula is C25H40N7O19P3S. The van der Waals surface area contributed by atoms with Gasteiger partial charge < -0.3 is 56.0 Å². The summed E-state index contributed by atoms with van der Waals surface area (Å²) in [6.07, 6.45) is -7.55. The summed E-state index contributed by atoms with van der Waals surface area (Å²) in [6, 6.07) is 0. The minimum Gasteiger partial charge on any atom is -0.481 e. The van der Waals surface area contributed by atoms with Crippen LogP contribution < -0.4 is 16.4 Å². The first-order valence-electron chi connectivity index (χ1n) is 15.7. The van der Waals surface area contributed by atoms with Gasteiger partial charge in [-0.1, -0.05) is 25.6 Å². The monoisotopic (exact) mass is 867 g/mol. The van der Waals surface area contributed by atoms with Crippen LogP contribution in [0, 0.1) is 5.41 Å². The van der Waals surface area contributed by atoms with Crippen LogP contribution in [0.15, 0.2) is 12.7 Å². The molecule has 310 valence electrons. The summed E-state index contributed by atoms with van der Waals surface area (Å²) >= 11 is 0.849. The normalized spacial score (nSPS) is 21.7. The molecule has 7 unspecified atom stereocenters. The second-order valence-electron chi connectivity index (χ2n) is 12.2. The second-order valence-corrected chi connectivity index (χ2v) is 17.6. The average molecular weight is 868 g/mol. The number of phosphoric acid groups is 3. The molecule has 0 spiro atoms. The Hall–Kier alpha value is -2.97. The van der Waals surface area contributed by atoms with Crippen LogP contribution in [-0.2, 0) is 55.5 Å². The fourth-order valence-corrected chi connectivity index (χ4v) is 8.08. The lowest BCUT2D eigenvalue weighted by molar-refractivity contribution is -0.138. The topological polar surface area (TPSA) is 401 Å². The summed E-state index contributed by atoms with van der Waals surface area (Å²) in [7, 11) is -16.4. The van der Waals surface area contributed by atoms with Crippen LogP contribution in [0.4, 0.5) is 5.82 Å². The van der Waals surface area contributed by atoms with Gasteiger partial charge in [0.25, 0.3) is 0 Å². The SMILES string of the molecule is CC(C)(COP(=O)(O)OP(=O)(O)OCC1OC(n2cnc3c(N)ncnc32)C(O)C1OP(=O)(O)O)C(O)C(=O)NCCC(=O)NCCSC(=O)CCC(=O)O. The predicted molar refractivity (Wildman–Crippen MR) is 184 cm³/mol. The second kappa shape index (κ2) is 19.5. The number of aliphatic carboxylic acids is 1. The molecular weight excluding hydrogens is 827 g/mol. The van der Waals surface area contributed by atoms with Crippen LogP contribution >= 0.6 is 35.2 Å². The quantitative estimate of drug-likeness (QED) is 0.0477. The Labute approximate surface area is 314 Å². The van der Waals surface area contributed by atoms with Gasteiger partial charge in [0.05, 0.1) is 26.0 Å². The first-order valence-corrected chi connectivity index (χ1v) is 21.2. The third-order valence-electron chi connectivity index (χ3n) is 7.31. The van der Waals surface area contributed by atoms with Crippen molar-refractivity contribution in [3.8, 4) is 0 Å². The van der Waals surface area contributed by atoms with E-state index in [2.05, 4.69) is 34.4 Å². The molecule has 3 rings (SSSR count). The molecule has 0 aliphatic carbocycles. The van der Waals surface area contributed by atoms with Crippen molar-refractivity contribution >= 4 is 75.1 Å². The Bertz CT molecular complexity index is 1850. The molecule has 0 bridgehead atoms. The molecule has 2 amide bonds. The number of aliphatic hydroxyl groups is 2. The maximum Gasteiger partial charge on any atom is 0.481 e. The summed E-state index contributed by atoms with van der Waals surface area (Å²) in [6.45, 7) is 0.213. The molecule has 3 heterocycles. The van der Waals surface area contributed by atoms with Crippen molar-refractivity contribution < 1.29 is 90.4 Å². The van der Waals surface area contributed by atoms with E-state index in [0.29, 0.717) is 0 Å². The summed E-state index contributed by atoms with van der Waals surface area (Å²) in [5.74, 6) is -2.51. The van der Waals surface area contributed by atoms with Crippen molar-refractivity contribution in [2.24, 2.45) is 5.41 Å². The average Bonchev–Trinajstić information content (AvgIpc) is 3.63. The molecule has 2 aromatic heterocycles. The van der Waals surface area contributed by atoms with Gasteiger partial charge in [0.1, 0.15) is 36.3 Å². The van der Waals surface area contributed by atoms with Crippen LogP contribution in [0.25, 0.3) is 11.2 Å². The van der Waals surface area contributed by atoms with Crippen molar-refractivity contribution in [2.45, 2.75) is 63.8 Å². The van der Waals surface area contributed by atoms with Crippen LogP contribution in [0.2, 0.25) is 0 Å². The van der Waals surface area contributed by atoms with Crippen molar-refractivity contribution in [1.82, 2.24) is 30.2 Å². The van der Waals surface area contributed by atoms with E-state index in [4.69, 9.17) is 24.6 Å². The van der Waals surface area contributed by atoms with Gasteiger partial charge in [-0.25, -0.2) is 28.6 Å². The Balaban J connectivity index is 1.49. The molecule has 1 fully saturated rings. The number of carboxylic acids is 1. The first kappa shape index (κ1) is 46.4. The van der Waals surface area contributed by atoms with Gasteiger partial charge in [0.15, 0.2) is 22.8 Å². The zero-order valence-electron chi connectivity index (χ0n) is 28.8. The van der Waals surface area contributed by atoms with Crippen molar-refractivity contribution in [3.63, 3.8) is 0 Å². The number of rotatable bonds is 22. The Morgan fingerprint density at radius 1 is 1.02 bits per heavy atom. The Morgan fingerprint density at radius 3 is 2.35 bits per heavy atom. The molecule has 11 N–H and O–H groups in total. The largest absolute Gasteiger partial charge is 0.481 e. The van der Waals surface area contributed by atoms with Gasteiger partial charge in [-0.15, -0.1) is 0 Å². The fraction of sp³-hybridized carbons (Fsp3) is 0.640. The van der Waals surface area contributed by atoms with Crippen molar-refractivity contribution in [3.05, 3.63) is 12.7 Å². The third kappa shape index (κ3) is 14.5. The maximum atomic E-state index is 12.6. The number of ether oxygens (including phenoxy) is 1. The number of thioether (sulfide) groups is 1. The molecule has 1 aliphatic rings. The Kier molecular flexibility index (Phi) is 16.4. The Morgan fingerprint density at radius 2 is 1.69 bits per heavy atom. The highest BCUT2D eigenvalue weighted by Crippen LogP contribution is 2.61. The standard InChI is InChI=1S/C25H40N7O19P3S/c1-25(2,20(38)23(39)28-6-5-14(33)27-7-8-55-16(36)4-3-15(34)35)10-48-54(45,46)51-53(43,44)47-9-13-19(50-52(40,41)42)18(37)24(49-13)32-12-31-17-21(26)29-11-30-22(17)32/h11-13,18-20,24,37-38H,3-10H2,1-2H3,(H,27,33)(H,28,39)(H,34,35)(H,43,44)(H,45,46)(H2,26,29,30)(H2,40,41,42). The number of nitrogens with one attached hydrogen (secondary N) is 2. The number of aromatic nitrogens is 4. The number of phosphoric ester groups is 3. The highest BCUT2D eigenvalue weighted by Gasteiger charge is 2.50. The maximum absolute atomic E-state index is 12.6. The number of anilines is 1. The van der Waals surface area contributed by atoms with Gasteiger partial charge >= 0.3 is 29.4 Å².